The molecule has 0 unspecified atom stereocenters. The van der Waals surface area contributed by atoms with Crippen molar-refractivity contribution in [2.45, 2.75) is 19.3 Å². The van der Waals surface area contributed by atoms with E-state index < -0.39 is 27.9 Å². The molecule has 0 radical (unpaired) electrons. The van der Waals surface area contributed by atoms with E-state index in [2.05, 4.69) is 5.32 Å². The minimum atomic E-state index is -3.50. The number of nitrogens with zero attached hydrogens (tertiary/aromatic N) is 1. The first-order valence-corrected chi connectivity index (χ1v) is 7.00. The molecule has 0 aromatic heterocycles. The van der Waals surface area contributed by atoms with Crippen molar-refractivity contribution in [2.24, 2.45) is 5.41 Å². The van der Waals surface area contributed by atoms with Gasteiger partial charge in [0.15, 0.2) is 0 Å². The van der Waals surface area contributed by atoms with Gasteiger partial charge in [-0.05, 0) is 6.42 Å². The third kappa shape index (κ3) is 1.65. The minimum absolute atomic E-state index is 0.0463. The second-order valence-corrected chi connectivity index (χ2v) is 6.76. The van der Waals surface area contributed by atoms with Gasteiger partial charge in [-0.3, -0.25) is 0 Å². The fourth-order valence-corrected chi connectivity index (χ4v) is 3.86. The van der Waals surface area contributed by atoms with Crippen molar-refractivity contribution in [3.05, 3.63) is 0 Å². The molecule has 2 saturated heterocycles. The predicted molar refractivity (Wildman–Crippen MR) is 55.9 cm³/mol. The normalized spacial score (nSPS) is 28.2. The van der Waals surface area contributed by atoms with Gasteiger partial charge in [0.2, 0.25) is 10.0 Å². The van der Waals surface area contributed by atoms with Gasteiger partial charge in [-0.2, -0.15) is 4.31 Å². The van der Waals surface area contributed by atoms with Crippen molar-refractivity contribution in [3.8, 4) is 0 Å². The molecule has 2 aliphatic rings. The number of alkyl halides is 2. The molecule has 94 valence electrons. The summed E-state index contributed by atoms with van der Waals surface area (Å²) < 4.78 is 51.8. The van der Waals surface area contributed by atoms with E-state index in [1.807, 2.05) is 0 Å². The number of hydrogen-bond acceptors (Lipinski definition) is 3. The Morgan fingerprint density at radius 1 is 1.31 bits per heavy atom. The first-order valence-electron chi connectivity index (χ1n) is 5.39. The molecule has 2 aliphatic heterocycles. The van der Waals surface area contributed by atoms with E-state index >= 15 is 0 Å². The van der Waals surface area contributed by atoms with Crippen LogP contribution >= 0.6 is 0 Å². The number of hydrogen-bond donors (Lipinski definition) is 1. The summed E-state index contributed by atoms with van der Waals surface area (Å²) in [5.41, 5.74) is -1.16. The standard InChI is InChI=1S/C9H16F2N2O2S/c1-2-3-16(14,15)13-6-8(4-12-5-8)9(10,11)7-13/h12H,2-7H2,1H3. The van der Waals surface area contributed by atoms with Crippen LogP contribution in [0.15, 0.2) is 0 Å². The predicted octanol–water partition coefficient (Wildman–Crippen LogP) is 0.267. The Hall–Kier alpha value is -0.270. The third-order valence-electron chi connectivity index (χ3n) is 3.41. The van der Waals surface area contributed by atoms with Crippen molar-refractivity contribution in [2.75, 3.05) is 31.9 Å². The number of sulfonamides is 1. The summed E-state index contributed by atoms with van der Waals surface area (Å²) in [6, 6.07) is 0. The van der Waals surface area contributed by atoms with Gasteiger partial charge in [-0.15, -0.1) is 0 Å². The smallest absolute Gasteiger partial charge is 0.270 e. The van der Waals surface area contributed by atoms with E-state index in [1.165, 1.54) is 0 Å². The van der Waals surface area contributed by atoms with E-state index in [-0.39, 0.29) is 25.4 Å². The highest BCUT2D eigenvalue weighted by molar-refractivity contribution is 7.89. The number of halogens is 2. The van der Waals surface area contributed by atoms with Crippen LogP contribution in [0.2, 0.25) is 0 Å². The molecular formula is C9H16F2N2O2S. The molecule has 0 aliphatic carbocycles. The highest BCUT2D eigenvalue weighted by Crippen LogP contribution is 2.47. The molecule has 7 heteroatoms. The molecule has 0 saturated carbocycles. The molecule has 2 rings (SSSR count). The number of rotatable bonds is 3. The van der Waals surface area contributed by atoms with Crippen LogP contribution in [-0.4, -0.2) is 50.6 Å². The van der Waals surface area contributed by atoms with Crippen LogP contribution in [0.1, 0.15) is 13.3 Å². The van der Waals surface area contributed by atoms with Crippen LogP contribution in [-0.2, 0) is 10.0 Å². The first-order chi connectivity index (χ1) is 7.33. The SMILES string of the molecule is CCCS(=O)(=O)N1CC(F)(F)C2(CNC2)C1. The minimum Gasteiger partial charge on any atom is -0.315 e. The molecule has 0 aromatic carbocycles. The topological polar surface area (TPSA) is 49.4 Å². The van der Waals surface area contributed by atoms with Crippen molar-refractivity contribution < 1.29 is 17.2 Å². The molecule has 4 nitrogen and oxygen atoms in total. The highest BCUT2D eigenvalue weighted by atomic mass is 32.2. The molecule has 0 amide bonds. The maximum atomic E-state index is 13.7. The largest absolute Gasteiger partial charge is 0.315 e. The van der Waals surface area contributed by atoms with Crippen molar-refractivity contribution in [1.82, 2.24) is 9.62 Å². The summed E-state index contributed by atoms with van der Waals surface area (Å²) in [7, 11) is -3.50. The monoisotopic (exact) mass is 254 g/mol. The molecule has 0 bridgehead atoms. The average Bonchev–Trinajstić information content (AvgIpc) is 2.36. The fourth-order valence-electron chi connectivity index (χ4n) is 2.28. The van der Waals surface area contributed by atoms with Crippen LogP contribution in [0.25, 0.3) is 0 Å². The van der Waals surface area contributed by atoms with Gasteiger partial charge in [0.05, 0.1) is 17.7 Å². The van der Waals surface area contributed by atoms with Crippen LogP contribution in [0, 0.1) is 5.41 Å². The Morgan fingerprint density at radius 3 is 2.31 bits per heavy atom. The van der Waals surface area contributed by atoms with Gasteiger partial charge >= 0.3 is 0 Å². The maximum absolute atomic E-state index is 13.7. The van der Waals surface area contributed by atoms with Crippen LogP contribution < -0.4 is 5.32 Å². The summed E-state index contributed by atoms with van der Waals surface area (Å²) in [5.74, 6) is -2.95. The fraction of sp³-hybridized carbons (Fsp3) is 1.00. The van der Waals surface area contributed by atoms with Gasteiger partial charge in [-0.25, -0.2) is 17.2 Å². The molecule has 1 spiro atoms. The second kappa shape index (κ2) is 3.61. The molecule has 2 heterocycles. The van der Waals surface area contributed by atoms with E-state index in [9.17, 15) is 17.2 Å². The Morgan fingerprint density at radius 2 is 1.94 bits per heavy atom. The molecule has 0 atom stereocenters. The Kier molecular flexibility index (Phi) is 2.75. The van der Waals surface area contributed by atoms with Crippen LogP contribution in [0.4, 0.5) is 8.78 Å². The summed E-state index contributed by atoms with van der Waals surface area (Å²) in [4.78, 5) is 0. The van der Waals surface area contributed by atoms with Gasteiger partial charge in [-0.1, -0.05) is 6.92 Å². The van der Waals surface area contributed by atoms with Crippen LogP contribution in [0.3, 0.4) is 0 Å². The Bertz CT molecular complexity index is 379. The maximum Gasteiger partial charge on any atom is 0.270 e. The van der Waals surface area contributed by atoms with E-state index in [0.29, 0.717) is 6.42 Å². The average molecular weight is 254 g/mol. The highest BCUT2D eigenvalue weighted by Gasteiger charge is 2.64. The summed E-state index contributed by atoms with van der Waals surface area (Å²) in [5, 5.41) is 2.80. The Balaban J connectivity index is 2.18. The molecular weight excluding hydrogens is 238 g/mol. The van der Waals surface area contributed by atoms with Crippen molar-refractivity contribution in [3.63, 3.8) is 0 Å². The zero-order valence-corrected chi connectivity index (χ0v) is 9.99. The summed E-state index contributed by atoms with van der Waals surface area (Å²) >= 11 is 0. The van der Waals surface area contributed by atoms with E-state index in [0.717, 1.165) is 4.31 Å². The second-order valence-electron chi connectivity index (χ2n) is 4.67. The number of nitrogens with one attached hydrogen (secondary N) is 1. The lowest BCUT2D eigenvalue weighted by atomic mass is 9.78. The lowest BCUT2D eigenvalue weighted by Crippen LogP contribution is -2.62. The van der Waals surface area contributed by atoms with E-state index in [4.69, 9.17) is 0 Å². The van der Waals surface area contributed by atoms with Gasteiger partial charge in [0, 0.05) is 19.6 Å². The zero-order chi connectivity index (χ0) is 12.0. The lowest BCUT2D eigenvalue weighted by Gasteiger charge is -2.42. The zero-order valence-electron chi connectivity index (χ0n) is 9.17. The van der Waals surface area contributed by atoms with Crippen molar-refractivity contribution in [1.29, 1.82) is 0 Å². The van der Waals surface area contributed by atoms with Gasteiger partial charge < -0.3 is 5.32 Å². The molecule has 0 aromatic rings. The lowest BCUT2D eigenvalue weighted by molar-refractivity contribution is -0.107. The Labute approximate surface area is 94.0 Å². The summed E-state index contributed by atoms with van der Waals surface area (Å²) in [6.45, 7) is 1.44. The first kappa shape index (κ1) is 12.2. The molecule has 2 fully saturated rings. The van der Waals surface area contributed by atoms with Gasteiger partial charge in [0.1, 0.15) is 0 Å². The van der Waals surface area contributed by atoms with Crippen LogP contribution in [0.5, 0.6) is 0 Å². The van der Waals surface area contributed by atoms with E-state index in [1.54, 1.807) is 6.92 Å². The van der Waals surface area contributed by atoms with Gasteiger partial charge in [0.25, 0.3) is 5.92 Å². The molecule has 1 N–H and O–H groups in total. The third-order valence-corrected chi connectivity index (χ3v) is 5.38. The van der Waals surface area contributed by atoms with Crippen molar-refractivity contribution >= 4 is 10.0 Å². The summed E-state index contributed by atoms with van der Waals surface area (Å²) in [6.07, 6.45) is 0.454. The molecule has 16 heavy (non-hydrogen) atoms. The quantitative estimate of drug-likeness (QED) is 0.786.